The molecule has 5 heteroatoms. The van der Waals surface area contributed by atoms with Crippen LogP contribution in [-0.2, 0) is 15.7 Å². The molecule has 1 atom stereocenters. The van der Waals surface area contributed by atoms with Crippen molar-refractivity contribution in [2.75, 3.05) is 0 Å². The fourth-order valence-corrected chi connectivity index (χ4v) is 2.24. The third-order valence-electron chi connectivity index (χ3n) is 4.14. The Morgan fingerprint density at radius 3 is 2.30 bits per heavy atom. The lowest BCUT2D eigenvalue weighted by Crippen LogP contribution is -2.41. The zero-order valence-electron chi connectivity index (χ0n) is 13.2. The van der Waals surface area contributed by atoms with E-state index >= 15 is 0 Å². The van der Waals surface area contributed by atoms with E-state index in [1.807, 2.05) is 46.9 Å². The Morgan fingerprint density at radius 2 is 1.80 bits per heavy atom. The maximum atomic E-state index is 9.63. The molecule has 1 fully saturated rings. The van der Waals surface area contributed by atoms with Crippen LogP contribution < -0.4 is 5.46 Å². The van der Waals surface area contributed by atoms with Gasteiger partial charge in [0.15, 0.2) is 0 Å². The van der Waals surface area contributed by atoms with E-state index in [2.05, 4.69) is 4.98 Å². The summed E-state index contributed by atoms with van der Waals surface area (Å²) < 4.78 is 12.2. The van der Waals surface area contributed by atoms with Crippen molar-refractivity contribution in [3.05, 3.63) is 23.5 Å². The molecule has 2 heterocycles. The molecule has 1 aromatic heterocycles. The van der Waals surface area contributed by atoms with E-state index < -0.39 is 13.2 Å². The van der Waals surface area contributed by atoms with Crippen molar-refractivity contribution < 1.29 is 14.4 Å². The molecule has 0 radical (unpaired) electrons. The molecule has 4 nitrogen and oxygen atoms in total. The fourth-order valence-electron chi connectivity index (χ4n) is 2.24. The number of aliphatic hydroxyl groups is 1. The molecule has 0 aromatic carbocycles. The highest BCUT2D eigenvalue weighted by molar-refractivity contribution is 6.62. The molecule has 110 valence electrons. The molecule has 1 saturated heterocycles. The van der Waals surface area contributed by atoms with Crippen molar-refractivity contribution >= 4 is 12.6 Å². The Balaban J connectivity index is 2.36. The van der Waals surface area contributed by atoms with Crippen LogP contribution in [-0.4, -0.2) is 34.5 Å². The first-order valence-corrected chi connectivity index (χ1v) is 7.11. The summed E-state index contributed by atoms with van der Waals surface area (Å²) in [6.07, 6.45) is 1.87. The number of aromatic nitrogens is 1. The van der Waals surface area contributed by atoms with Gasteiger partial charge in [-0.3, -0.25) is 4.98 Å². The summed E-state index contributed by atoms with van der Waals surface area (Å²) in [5.74, 6) is 0. The third-order valence-corrected chi connectivity index (χ3v) is 4.14. The van der Waals surface area contributed by atoms with E-state index in [1.165, 1.54) is 0 Å². The second-order valence-electron chi connectivity index (χ2n) is 6.69. The molecule has 0 amide bonds. The minimum atomic E-state index is -0.439. The van der Waals surface area contributed by atoms with Crippen LogP contribution in [0.2, 0.25) is 0 Å². The maximum Gasteiger partial charge on any atom is 0.496 e. The number of hydrogen-bond acceptors (Lipinski definition) is 4. The zero-order chi connectivity index (χ0) is 15.1. The van der Waals surface area contributed by atoms with Crippen LogP contribution in [0.3, 0.4) is 0 Å². The summed E-state index contributed by atoms with van der Waals surface area (Å²) in [7, 11) is -0.429. The molecule has 1 aliphatic heterocycles. The Bertz CT molecular complexity index is 484. The lowest BCUT2D eigenvalue weighted by atomic mass is 9.76. The molecule has 0 saturated carbocycles. The van der Waals surface area contributed by atoms with Crippen molar-refractivity contribution in [3.63, 3.8) is 0 Å². The zero-order valence-corrected chi connectivity index (χ0v) is 13.2. The van der Waals surface area contributed by atoms with Crippen molar-refractivity contribution in [1.29, 1.82) is 0 Å². The number of pyridine rings is 1. The molecule has 0 bridgehead atoms. The van der Waals surface area contributed by atoms with Crippen LogP contribution in [0.5, 0.6) is 0 Å². The van der Waals surface area contributed by atoms with Gasteiger partial charge in [-0.15, -0.1) is 0 Å². The Hall–Kier alpha value is -0.905. The largest absolute Gasteiger partial charge is 0.496 e. The lowest BCUT2D eigenvalue weighted by Gasteiger charge is -2.32. The van der Waals surface area contributed by atoms with Gasteiger partial charge in [0.1, 0.15) is 0 Å². The second-order valence-corrected chi connectivity index (χ2v) is 6.69. The van der Waals surface area contributed by atoms with Gasteiger partial charge >= 0.3 is 7.12 Å². The highest BCUT2D eigenvalue weighted by Gasteiger charge is 2.52. The predicted molar refractivity (Wildman–Crippen MR) is 80.1 cm³/mol. The van der Waals surface area contributed by atoms with Gasteiger partial charge in [-0.25, -0.2) is 0 Å². The third kappa shape index (κ3) is 2.90. The van der Waals surface area contributed by atoms with Crippen LogP contribution in [0.15, 0.2) is 12.3 Å². The van der Waals surface area contributed by atoms with E-state index in [0.29, 0.717) is 6.42 Å². The maximum absolute atomic E-state index is 9.63. The smallest absolute Gasteiger partial charge is 0.399 e. The van der Waals surface area contributed by atoms with Gasteiger partial charge in [0, 0.05) is 23.8 Å². The van der Waals surface area contributed by atoms with Crippen molar-refractivity contribution in [3.8, 4) is 0 Å². The van der Waals surface area contributed by atoms with E-state index in [-0.39, 0.29) is 11.2 Å². The number of rotatable bonds is 3. The monoisotopic (exact) mass is 277 g/mol. The van der Waals surface area contributed by atoms with E-state index in [0.717, 1.165) is 16.7 Å². The number of nitrogens with zero attached hydrogens (tertiary/aromatic N) is 1. The molecule has 1 aliphatic rings. The minimum absolute atomic E-state index is 0.372. The first-order valence-electron chi connectivity index (χ1n) is 7.11. The quantitative estimate of drug-likeness (QED) is 0.853. The van der Waals surface area contributed by atoms with Crippen molar-refractivity contribution in [2.45, 2.75) is 65.3 Å². The van der Waals surface area contributed by atoms with Crippen LogP contribution in [0.25, 0.3) is 0 Å². The van der Waals surface area contributed by atoms with Crippen LogP contribution in [0, 0.1) is 6.92 Å². The molecule has 1 N–H and O–H groups in total. The molecular formula is C15H24BNO3. The minimum Gasteiger partial charge on any atom is -0.399 e. The summed E-state index contributed by atoms with van der Waals surface area (Å²) in [5, 5.41) is 9.63. The van der Waals surface area contributed by atoms with Gasteiger partial charge < -0.3 is 14.4 Å². The average Bonchev–Trinajstić information content (AvgIpc) is 2.50. The highest BCUT2D eigenvalue weighted by Crippen LogP contribution is 2.36. The van der Waals surface area contributed by atoms with Gasteiger partial charge in [-0.2, -0.15) is 0 Å². The standard InChI is InChI=1S/C15H24BNO3/c1-10-7-12(13(17-9-10)8-11(2)18)16-19-14(3,4)15(5,6)20-16/h7,9,11,18H,8H2,1-6H3. The summed E-state index contributed by atoms with van der Waals surface area (Å²) in [5.41, 5.74) is 2.07. The van der Waals surface area contributed by atoms with Crippen molar-refractivity contribution in [1.82, 2.24) is 4.98 Å². The SMILES string of the molecule is Cc1cnc(CC(C)O)c(B2OC(C)(C)C(C)(C)O2)c1. The number of aryl methyl sites for hydroxylation is 1. The summed E-state index contributed by atoms with van der Waals surface area (Å²) >= 11 is 0. The topological polar surface area (TPSA) is 51.6 Å². The van der Waals surface area contributed by atoms with Crippen LogP contribution in [0.1, 0.15) is 45.9 Å². The van der Waals surface area contributed by atoms with Crippen molar-refractivity contribution in [2.24, 2.45) is 0 Å². The molecule has 1 aromatic rings. The number of hydrogen-bond donors (Lipinski definition) is 1. The molecular weight excluding hydrogens is 253 g/mol. The molecule has 20 heavy (non-hydrogen) atoms. The predicted octanol–water partition coefficient (Wildman–Crippen LogP) is 1.61. The van der Waals surface area contributed by atoms with Gasteiger partial charge in [-0.1, -0.05) is 6.07 Å². The molecule has 2 rings (SSSR count). The average molecular weight is 277 g/mol. The normalized spacial score (nSPS) is 22.1. The highest BCUT2D eigenvalue weighted by atomic mass is 16.7. The molecule has 1 unspecified atom stereocenters. The molecule has 0 spiro atoms. The van der Waals surface area contributed by atoms with Gasteiger partial charge in [0.2, 0.25) is 0 Å². The fraction of sp³-hybridized carbons (Fsp3) is 0.667. The van der Waals surface area contributed by atoms with Crippen LogP contribution >= 0.6 is 0 Å². The molecule has 0 aliphatic carbocycles. The van der Waals surface area contributed by atoms with Crippen LogP contribution in [0.4, 0.5) is 0 Å². The number of aliphatic hydroxyl groups excluding tert-OH is 1. The van der Waals surface area contributed by atoms with E-state index in [1.54, 1.807) is 6.92 Å². The Labute approximate surface area is 121 Å². The Kier molecular flexibility index (Phi) is 3.97. The van der Waals surface area contributed by atoms with Gasteiger partial charge in [0.05, 0.1) is 17.3 Å². The van der Waals surface area contributed by atoms with E-state index in [9.17, 15) is 5.11 Å². The first kappa shape index (κ1) is 15.5. The summed E-state index contributed by atoms with van der Waals surface area (Å²) in [6.45, 7) is 11.9. The Morgan fingerprint density at radius 1 is 1.25 bits per heavy atom. The van der Waals surface area contributed by atoms with Gasteiger partial charge in [0.25, 0.3) is 0 Å². The lowest BCUT2D eigenvalue weighted by molar-refractivity contribution is 0.00578. The second kappa shape index (κ2) is 5.13. The summed E-state index contributed by atoms with van der Waals surface area (Å²) in [4.78, 5) is 4.44. The summed E-state index contributed by atoms with van der Waals surface area (Å²) in [6, 6.07) is 2.03. The van der Waals surface area contributed by atoms with Gasteiger partial charge in [-0.05, 0) is 47.1 Å². The first-order chi connectivity index (χ1) is 9.12. The van der Waals surface area contributed by atoms with E-state index in [4.69, 9.17) is 9.31 Å².